The molecule has 1 aliphatic carbocycles. The van der Waals surface area contributed by atoms with Gasteiger partial charge in [0.15, 0.2) is 0 Å². The van der Waals surface area contributed by atoms with Gasteiger partial charge in [0.05, 0.1) is 6.04 Å². The number of nitrogens with one attached hydrogen (secondary N) is 1. The van der Waals surface area contributed by atoms with Crippen molar-refractivity contribution in [3.63, 3.8) is 0 Å². The van der Waals surface area contributed by atoms with Crippen LogP contribution in [0.3, 0.4) is 0 Å². The smallest absolute Gasteiger partial charge is 0.220 e. The Bertz CT molecular complexity index is 635. The Morgan fingerprint density at radius 1 is 1.29 bits per heavy atom. The van der Waals surface area contributed by atoms with E-state index < -0.39 is 0 Å². The van der Waals surface area contributed by atoms with E-state index in [4.69, 9.17) is 11.6 Å². The van der Waals surface area contributed by atoms with Gasteiger partial charge in [0.2, 0.25) is 5.91 Å². The van der Waals surface area contributed by atoms with Crippen molar-refractivity contribution in [2.24, 2.45) is 0 Å². The van der Waals surface area contributed by atoms with E-state index in [-0.39, 0.29) is 23.4 Å². The quantitative estimate of drug-likeness (QED) is 0.861. The van der Waals surface area contributed by atoms with Gasteiger partial charge in [-0.25, -0.2) is 0 Å². The van der Waals surface area contributed by atoms with Crippen LogP contribution in [0.25, 0.3) is 0 Å². The Morgan fingerprint density at radius 3 is 2.54 bits per heavy atom. The van der Waals surface area contributed by atoms with Crippen molar-refractivity contribution in [3.05, 3.63) is 33.8 Å². The van der Waals surface area contributed by atoms with Crippen molar-refractivity contribution in [1.29, 1.82) is 0 Å². The predicted molar refractivity (Wildman–Crippen MR) is 99.6 cm³/mol. The molecule has 1 atom stereocenters. The van der Waals surface area contributed by atoms with Gasteiger partial charge in [0.1, 0.15) is 0 Å². The first kappa shape index (κ1) is 17.8. The zero-order valence-corrected chi connectivity index (χ0v) is 16.0. The maximum Gasteiger partial charge on any atom is 0.220 e. The molecule has 1 amide bonds. The van der Waals surface area contributed by atoms with E-state index in [1.807, 2.05) is 4.90 Å². The average molecular weight is 349 g/mol. The Kier molecular flexibility index (Phi) is 4.94. The fourth-order valence-electron chi connectivity index (χ4n) is 4.79. The first-order chi connectivity index (χ1) is 11.4. The van der Waals surface area contributed by atoms with E-state index in [0.717, 1.165) is 36.5 Å². The lowest BCUT2D eigenvalue weighted by atomic mass is 9.63. The number of hydrogen-bond donors (Lipinski definition) is 1. The van der Waals surface area contributed by atoms with Gasteiger partial charge in [0, 0.05) is 18.0 Å². The van der Waals surface area contributed by atoms with Crippen LogP contribution in [0.1, 0.15) is 69.2 Å². The number of hydrogen-bond acceptors (Lipinski definition) is 2. The number of amides is 1. The van der Waals surface area contributed by atoms with Crippen molar-refractivity contribution in [2.75, 3.05) is 13.1 Å². The van der Waals surface area contributed by atoms with Gasteiger partial charge in [-0.15, -0.1) is 0 Å². The topological polar surface area (TPSA) is 32.3 Å². The number of carbonyl (C=O) groups is 1. The fraction of sp³-hybridized carbons (Fsp3) is 0.650. The van der Waals surface area contributed by atoms with Gasteiger partial charge in [-0.05, 0) is 87.7 Å². The van der Waals surface area contributed by atoms with Crippen molar-refractivity contribution in [2.45, 2.75) is 70.9 Å². The van der Waals surface area contributed by atoms with Gasteiger partial charge in [-0.1, -0.05) is 17.7 Å². The minimum Gasteiger partial charge on any atom is -0.333 e. The summed E-state index contributed by atoms with van der Waals surface area (Å²) in [6.45, 7) is 10.1. The fourth-order valence-corrected chi connectivity index (χ4v) is 4.96. The molecular formula is C20H29ClN2O. The number of benzene rings is 1. The van der Waals surface area contributed by atoms with Gasteiger partial charge in [-0.2, -0.15) is 0 Å². The van der Waals surface area contributed by atoms with Crippen LogP contribution in [0.5, 0.6) is 0 Å². The molecule has 1 aromatic carbocycles. The van der Waals surface area contributed by atoms with E-state index in [2.05, 4.69) is 38.2 Å². The van der Waals surface area contributed by atoms with E-state index in [9.17, 15) is 4.79 Å². The van der Waals surface area contributed by atoms with Gasteiger partial charge < -0.3 is 10.2 Å². The van der Waals surface area contributed by atoms with Gasteiger partial charge >= 0.3 is 0 Å². The second-order valence-corrected chi connectivity index (χ2v) is 8.20. The summed E-state index contributed by atoms with van der Waals surface area (Å²) in [6, 6.07) is 4.78. The Balaban J connectivity index is 2.12. The summed E-state index contributed by atoms with van der Waals surface area (Å²) < 4.78 is 0. The molecule has 2 aliphatic rings. The second-order valence-electron chi connectivity index (χ2n) is 7.79. The summed E-state index contributed by atoms with van der Waals surface area (Å²) in [5, 5.41) is 4.31. The van der Waals surface area contributed by atoms with Gasteiger partial charge in [-0.3, -0.25) is 4.79 Å². The van der Waals surface area contributed by atoms with Crippen LogP contribution in [0, 0.1) is 6.92 Å². The minimum absolute atomic E-state index is 0.149. The molecule has 3 nitrogen and oxygen atoms in total. The summed E-state index contributed by atoms with van der Waals surface area (Å²) in [4.78, 5) is 14.3. The van der Waals surface area contributed by atoms with Crippen LogP contribution in [0.15, 0.2) is 12.1 Å². The summed E-state index contributed by atoms with van der Waals surface area (Å²) in [7, 11) is 0. The number of halogens is 1. The van der Waals surface area contributed by atoms with Crippen LogP contribution in [-0.4, -0.2) is 29.9 Å². The van der Waals surface area contributed by atoms with Crippen molar-refractivity contribution in [3.8, 4) is 0 Å². The van der Waals surface area contributed by atoms with Crippen LogP contribution >= 0.6 is 11.6 Å². The zero-order chi connectivity index (χ0) is 17.5. The third-order valence-corrected chi connectivity index (χ3v) is 6.38. The lowest BCUT2D eigenvalue weighted by Crippen LogP contribution is -2.47. The maximum atomic E-state index is 12.3. The maximum absolute atomic E-state index is 12.3. The van der Waals surface area contributed by atoms with Crippen LogP contribution < -0.4 is 5.32 Å². The highest BCUT2D eigenvalue weighted by molar-refractivity contribution is 6.31. The Hall–Kier alpha value is -1.06. The molecule has 1 unspecified atom stereocenters. The van der Waals surface area contributed by atoms with Gasteiger partial charge in [0.25, 0.3) is 0 Å². The van der Waals surface area contributed by atoms with Crippen LogP contribution in [0.4, 0.5) is 0 Å². The van der Waals surface area contributed by atoms with Crippen molar-refractivity contribution in [1.82, 2.24) is 10.2 Å². The number of fused-ring (bicyclic) bond motifs is 2. The summed E-state index contributed by atoms with van der Waals surface area (Å²) in [6.07, 6.45) is 4.54. The molecule has 1 N–H and O–H groups in total. The third-order valence-electron chi connectivity index (χ3n) is 5.97. The van der Waals surface area contributed by atoms with Crippen LogP contribution in [0.2, 0.25) is 5.02 Å². The number of nitrogens with zero attached hydrogens (tertiary/aromatic N) is 1. The monoisotopic (exact) mass is 348 g/mol. The van der Waals surface area contributed by atoms with E-state index in [0.29, 0.717) is 0 Å². The standard InChI is InChI=1S/C20H29ClN2O/c1-13(2)23(15(4)24)19-5-6-20(7-9-22-10-8-20)17-11-14(3)18(21)12-16(17)19/h11-13,19,22H,5-10H2,1-4H3. The molecule has 0 aromatic heterocycles. The zero-order valence-electron chi connectivity index (χ0n) is 15.3. The average Bonchev–Trinajstić information content (AvgIpc) is 2.52. The molecule has 24 heavy (non-hydrogen) atoms. The third kappa shape index (κ3) is 2.97. The number of aryl methyl sites for hydroxylation is 1. The molecule has 1 spiro atoms. The molecule has 3 rings (SSSR count). The first-order valence-electron chi connectivity index (χ1n) is 9.16. The molecule has 1 aromatic rings. The summed E-state index contributed by atoms with van der Waals surface area (Å²) >= 11 is 6.49. The predicted octanol–water partition coefficient (Wildman–Crippen LogP) is 4.36. The molecule has 1 heterocycles. The lowest BCUT2D eigenvalue weighted by molar-refractivity contribution is -0.133. The molecule has 0 radical (unpaired) electrons. The molecule has 132 valence electrons. The highest BCUT2D eigenvalue weighted by Gasteiger charge is 2.43. The molecule has 1 fully saturated rings. The van der Waals surface area contributed by atoms with E-state index in [1.54, 1.807) is 6.92 Å². The summed E-state index contributed by atoms with van der Waals surface area (Å²) in [5.74, 6) is 0.152. The van der Waals surface area contributed by atoms with Crippen LogP contribution in [-0.2, 0) is 10.2 Å². The summed E-state index contributed by atoms with van der Waals surface area (Å²) in [5.41, 5.74) is 4.12. The second kappa shape index (κ2) is 6.68. The minimum atomic E-state index is 0.149. The molecule has 1 aliphatic heterocycles. The molecule has 4 heteroatoms. The lowest BCUT2D eigenvalue weighted by Gasteiger charge is -2.48. The highest BCUT2D eigenvalue weighted by atomic mass is 35.5. The highest BCUT2D eigenvalue weighted by Crippen LogP contribution is 2.50. The number of rotatable bonds is 2. The normalized spacial score (nSPS) is 22.5. The van der Waals surface area contributed by atoms with Crippen molar-refractivity contribution >= 4 is 17.5 Å². The molecule has 0 bridgehead atoms. The molecule has 0 saturated carbocycles. The Labute approximate surface area is 150 Å². The largest absolute Gasteiger partial charge is 0.333 e. The number of carbonyl (C=O) groups excluding carboxylic acids is 1. The van der Waals surface area contributed by atoms with Crippen molar-refractivity contribution < 1.29 is 4.79 Å². The molecular weight excluding hydrogens is 320 g/mol. The first-order valence-corrected chi connectivity index (χ1v) is 9.54. The van der Waals surface area contributed by atoms with E-state index >= 15 is 0 Å². The number of piperidine rings is 1. The molecule has 1 saturated heterocycles. The SMILES string of the molecule is CC(=O)N(C(C)C)C1CCC2(CCNCC2)c2cc(C)c(Cl)cc21. The Morgan fingerprint density at radius 2 is 1.96 bits per heavy atom. The van der Waals surface area contributed by atoms with E-state index in [1.165, 1.54) is 24.0 Å².